The zero-order chi connectivity index (χ0) is 10.4. The summed E-state index contributed by atoms with van der Waals surface area (Å²) in [6.07, 6.45) is 1.70. The summed E-state index contributed by atoms with van der Waals surface area (Å²) in [4.78, 5) is 30.9. The first kappa shape index (κ1) is 9.87. The summed E-state index contributed by atoms with van der Waals surface area (Å²) in [6.45, 7) is 0. The van der Waals surface area contributed by atoms with E-state index in [1.165, 1.54) is 18.2 Å². The van der Waals surface area contributed by atoms with Crippen molar-refractivity contribution in [2.75, 3.05) is 0 Å². The minimum absolute atomic E-state index is 0.366. The lowest BCUT2D eigenvalue weighted by Crippen LogP contribution is -1.88. The van der Waals surface area contributed by atoms with Crippen LogP contribution in [0, 0.1) is 11.8 Å². The van der Waals surface area contributed by atoms with E-state index < -0.39 is 0 Å². The Hall–Kier alpha value is -2.21. The second kappa shape index (κ2) is 4.73. The molecule has 68 valence electrons. The first-order chi connectivity index (χ1) is 6.80. The van der Waals surface area contributed by atoms with Crippen LogP contribution in [-0.2, 0) is 4.79 Å². The molecule has 0 saturated carbocycles. The van der Waals surface area contributed by atoms with Gasteiger partial charge in [0.15, 0.2) is 6.29 Å². The summed E-state index contributed by atoms with van der Waals surface area (Å²) in [6, 6.07) is 4.47. The molecule has 14 heavy (non-hydrogen) atoms. The van der Waals surface area contributed by atoms with Crippen LogP contribution in [0.5, 0.6) is 0 Å². The molecule has 1 aromatic rings. The highest BCUT2D eigenvalue weighted by Gasteiger charge is 1.97. The number of hydrogen-bond acceptors (Lipinski definition) is 3. The maximum Gasteiger partial charge on any atom is 0.193 e. The minimum Gasteiger partial charge on any atom is -0.298 e. The van der Waals surface area contributed by atoms with Gasteiger partial charge in [-0.2, -0.15) is 0 Å². The maximum absolute atomic E-state index is 10.5. The highest BCUT2D eigenvalue weighted by Crippen LogP contribution is 2.06. The molecule has 0 heterocycles. The number of aldehydes is 3. The molecule has 0 saturated heterocycles. The van der Waals surface area contributed by atoms with Gasteiger partial charge in [-0.05, 0) is 24.1 Å². The third-order valence-electron chi connectivity index (χ3n) is 1.53. The first-order valence-electron chi connectivity index (χ1n) is 3.81. The molecule has 3 nitrogen and oxygen atoms in total. The quantitative estimate of drug-likeness (QED) is 0.508. The first-order valence-corrected chi connectivity index (χ1v) is 3.81. The van der Waals surface area contributed by atoms with Crippen LogP contribution in [0.4, 0.5) is 0 Å². The van der Waals surface area contributed by atoms with Crippen LogP contribution >= 0.6 is 0 Å². The molecule has 1 rings (SSSR count). The van der Waals surface area contributed by atoms with Gasteiger partial charge in [0.05, 0.1) is 0 Å². The van der Waals surface area contributed by atoms with Crippen LogP contribution < -0.4 is 0 Å². The molecule has 0 bridgehead atoms. The van der Waals surface area contributed by atoms with Gasteiger partial charge in [-0.25, -0.2) is 0 Å². The van der Waals surface area contributed by atoms with Gasteiger partial charge in [-0.15, -0.1) is 0 Å². The predicted octanol–water partition coefficient (Wildman–Crippen LogP) is 0.862. The summed E-state index contributed by atoms with van der Waals surface area (Å²) in [5, 5.41) is 0. The molecule has 0 unspecified atom stereocenters. The van der Waals surface area contributed by atoms with Gasteiger partial charge in [0.1, 0.15) is 12.6 Å². The van der Waals surface area contributed by atoms with E-state index in [0.717, 1.165) is 0 Å². The molecule has 0 radical (unpaired) electrons. The number of carbonyl (C=O) groups excluding carboxylic acids is 3. The largest absolute Gasteiger partial charge is 0.298 e. The molecule has 0 amide bonds. The van der Waals surface area contributed by atoms with Gasteiger partial charge in [0, 0.05) is 16.7 Å². The van der Waals surface area contributed by atoms with E-state index in [1.54, 1.807) is 0 Å². The lowest BCUT2D eigenvalue weighted by atomic mass is 10.1. The predicted molar refractivity (Wildman–Crippen MR) is 50.2 cm³/mol. The SMILES string of the molecule is O=CC#Cc1cc(C=O)cc(C=O)c1. The molecule has 0 N–H and O–H groups in total. The van der Waals surface area contributed by atoms with E-state index in [0.29, 0.717) is 35.5 Å². The van der Waals surface area contributed by atoms with Crippen molar-refractivity contribution < 1.29 is 14.4 Å². The fraction of sp³-hybridized carbons (Fsp3) is 0. The number of rotatable bonds is 2. The zero-order valence-corrected chi connectivity index (χ0v) is 7.19. The number of benzene rings is 1. The topological polar surface area (TPSA) is 51.2 Å². The monoisotopic (exact) mass is 186 g/mol. The van der Waals surface area contributed by atoms with E-state index in [9.17, 15) is 14.4 Å². The highest BCUT2D eigenvalue weighted by atomic mass is 16.1. The Balaban J connectivity index is 3.22. The Morgan fingerprint density at radius 2 is 1.50 bits per heavy atom. The van der Waals surface area contributed by atoms with Crippen molar-refractivity contribution in [3.8, 4) is 11.8 Å². The van der Waals surface area contributed by atoms with Crippen LogP contribution in [0.1, 0.15) is 26.3 Å². The lowest BCUT2D eigenvalue weighted by Gasteiger charge is -1.95. The smallest absolute Gasteiger partial charge is 0.193 e. The Morgan fingerprint density at radius 1 is 0.929 bits per heavy atom. The summed E-state index contributed by atoms with van der Waals surface area (Å²) in [5.41, 5.74) is 1.21. The summed E-state index contributed by atoms with van der Waals surface area (Å²) in [5.74, 6) is 4.71. The summed E-state index contributed by atoms with van der Waals surface area (Å²) in [7, 11) is 0. The third-order valence-corrected chi connectivity index (χ3v) is 1.53. The van der Waals surface area contributed by atoms with Gasteiger partial charge in [0.2, 0.25) is 0 Å². The van der Waals surface area contributed by atoms with Crippen molar-refractivity contribution in [3.05, 3.63) is 34.9 Å². The Bertz CT molecular complexity index is 409. The van der Waals surface area contributed by atoms with Crippen LogP contribution in [0.3, 0.4) is 0 Å². The van der Waals surface area contributed by atoms with Crippen molar-refractivity contribution in [1.29, 1.82) is 0 Å². The maximum atomic E-state index is 10.5. The van der Waals surface area contributed by atoms with E-state index in [-0.39, 0.29) is 0 Å². The summed E-state index contributed by atoms with van der Waals surface area (Å²) >= 11 is 0. The molecule has 0 aliphatic rings. The van der Waals surface area contributed by atoms with E-state index in [2.05, 4.69) is 11.8 Å². The fourth-order valence-electron chi connectivity index (χ4n) is 0.998. The Morgan fingerprint density at radius 3 is 1.93 bits per heavy atom. The van der Waals surface area contributed by atoms with Crippen molar-refractivity contribution >= 4 is 18.9 Å². The Kier molecular flexibility index (Phi) is 3.33. The van der Waals surface area contributed by atoms with Gasteiger partial charge in [-0.1, -0.05) is 5.92 Å². The van der Waals surface area contributed by atoms with E-state index in [4.69, 9.17) is 0 Å². The second-order valence-corrected chi connectivity index (χ2v) is 2.51. The van der Waals surface area contributed by atoms with Crippen molar-refractivity contribution in [2.24, 2.45) is 0 Å². The standard InChI is InChI=1S/C11H6O3/c12-3-1-2-9-4-10(7-13)6-11(5-9)8-14/h3-8H. The average molecular weight is 186 g/mol. The molecule has 0 aliphatic carbocycles. The van der Waals surface area contributed by atoms with Gasteiger partial charge in [0.25, 0.3) is 0 Å². The van der Waals surface area contributed by atoms with Crippen LogP contribution in [0.15, 0.2) is 18.2 Å². The van der Waals surface area contributed by atoms with E-state index in [1.807, 2.05) is 0 Å². The van der Waals surface area contributed by atoms with Gasteiger partial charge in [-0.3, -0.25) is 14.4 Å². The lowest BCUT2D eigenvalue weighted by molar-refractivity contribution is -0.103. The van der Waals surface area contributed by atoms with Crippen LogP contribution in [-0.4, -0.2) is 18.9 Å². The molecule has 0 spiro atoms. The van der Waals surface area contributed by atoms with Gasteiger partial charge < -0.3 is 0 Å². The van der Waals surface area contributed by atoms with Crippen molar-refractivity contribution in [1.82, 2.24) is 0 Å². The molecule has 1 aromatic carbocycles. The normalized spacial score (nSPS) is 8.29. The second-order valence-electron chi connectivity index (χ2n) is 2.51. The Labute approximate surface area is 80.7 Å². The van der Waals surface area contributed by atoms with Crippen molar-refractivity contribution in [2.45, 2.75) is 0 Å². The highest BCUT2D eigenvalue weighted by molar-refractivity contribution is 5.83. The third kappa shape index (κ3) is 2.39. The zero-order valence-electron chi connectivity index (χ0n) is 7.19. The average Bonchev–Trinajstić information content (AvgIpc) is 2.25. The van der Waals surface area contributed by atoms with Crippen LogP contribution in [0.25, 0.3) is 0 Å². The van der Waals surface area contributed by atoms with Crippen molar-refractivity contribution in [3.63, 3.8) is 0 Å². The minimum atomic E-state index is 0.366. The van der Waals surface area contributed by atoms with Gasteiger partial charge >= 0.3 is 0 Å². The molecular formula is C11H6O3. The van der Waals surface area contributed by atoms with E-state index >= 15 is 0 Å². The molecule has 0 fully saturated rings. The molecule has 3 heteroatoms. The fourth-order valence-corrected chi connectivity index (χ4v) is 0.998. The molecule has 0 aliphatic heterocycles. The number of hydrogen-bond donors (Lipinski definition) is 0. The summed E-state index contributed by atoms with van der Waals surface area (Å²) < 4.78 is 0. The number of carbonyl (C=O) groups is 3. The molecule has 0 atom stereocenters. The molecular weight excluding hydrogens is 180 g/mol. The molecule has 0 aromatic heterocycles. The van der Waals surface area contributed by atoms with Crippen LogP contribution in [0.2, 0.25) is 0 Å².